The Morgan fingerprint density at radius 2 is 2.20 bits per heavy atom. The predicted molar refractivity (Wildman–Crippen MR) is 114 cm³/mol. The molecule has 30 heavy (non-hydrogen) atoms. The number of nitriles is 1. The Bertz CT molecular complexity index is 1330. The van der Waals surface area contributed by atoms with Crippen molar-refractivity contribution in [2.45, 2.75) is 12.0 Å². The molecular formula is C22H17N5O2S. The molecule has 0 spiro atoms. The minimum atomic E-state index is -1.54. The Morgan fingerprint density at radius 3 is 2.97 bits per heavy atom. The zero-order valence-electron chi connectivity index (χ0n) is 16.1. The van der Waals surface area contributed by atoms with Crippen LogP contribution in [0.1, 0.15) is 16.9 Å². The molecule has 1 amide bonds. The summed E-state index contributed by atoms with van der Waals surface area (Å²) < 4.78 is 0. The number of aromatic nitrogens is 3. The molecule has 1 fully saturated rings. The van der Waals surface area contributed by atoms with Crippen LogP contribution in [-0.4, -0.2) is 44.5 Å². The third-order valence-corrected chi connectivity index (χ3v) is 6.53. The second-order valence-electron chi connectivity index (χ2n) is 7.33. The summed E-state index contributed by atoms with van der Waals surface area (Å²) in [5, 5.41) is 22.3. The van der Waals surface area contributed by atoms with Gasteiger partial charge in [0.05, 0.1) is 5.69 Å². The number of aromatic amines is 1. The molecule has 0 radical (unpaired) electrons. The largest absolute Gasteiger partial charge is 0.375 e. The number of likely N-dealkylation sites (N-methyl/N-ethyl adjacent to an activating group) is 1. The van der Waals surface area contributed by atoms with Crippen LogP contribution >= 0.6 is 11.3 Å². The van der Waals surface area contributed by atoms with E-state index in [-0.39, 0.29) is 5.91 Å². The molecule has 0 aliphatic carbocycles. The first-order valence-corrected chi connectivity index (χ1v) is 10.2. The molecule has 1 aliphatic heterocycles. The first-order valence-electron chi connectivity index (χ1n) is 9.43. The lowest BCUT2D eigenvalue weighted by atomic mass is 9.90. The van der Waals surface area contributed by atoms with E-state index in [2.05, 4.69) is 16.0 Å². The number of amides is 1. The van der Waals surface area contributed by atoms with Crippen LogP contribution in [0.3, 0.4) is 0 Å². The quantitative estimate of drug-likeness (QED) is 0.534. The number of H-pyrrole nitrogens is 1. The highest BCUT2D eigenvalue weighted by molar-refractivity contribution is 7.16. The van der Waals surface area contributed by atoms with Gasteiger partial charge in [0.2, 0.25) is 0 Å². The molecule has 1 saturated heterocycles. The summed E-state index contributed by atoms with van der Waals surface area (Å²) in [6, 6.07) is 13.2. The number of thiazole rings is 1. The summed E-state index contributed by atoms with van der Waals surface area (Å²) in [4.78, 5) is 26.7. The lowest BCUT2D eigenvalue weighted by Gasteiger charge is -2.21. The van der Waals surface area contributed by atoms with Crippen LogP contribution in [0.2, 0.25) is 0 Å². The maximum Gasteiger partial charge on any atom is 0.258 e. The third-order valence-electron chi connectivity index (χ3n) is 5.53. The maximum atomic E-state index is 12.5. The van der Waals surface area contributed by atoms with E-state index in [9.17, 15) is 15.2 Å². The number of benzene rings is 1. The molecule has 3 aromatic heterocycles. The van der Waals surface area contributed by atoms with Gasteiger partial charge in [0.1, 0.15) is 21.6 Å². The standard InChI is InChI=1S/C22H17N5O2S/c1-27-9-7-22(29,21(27)28)14-5-2-4-13(10-14)18-17(11-23)30-20(26-18)16-12-25-19-15(16)6-3-8-24-19/h2-6,8,10,12,29H,7,9H2,1H3,(H,24,25)/t22-/m1/s1. The van der Waals surface area contributed by atoms with Gasteiger partial charge in [0.25, 0.3) is 5.91 Å². The number of fused-ring (bicyclic) bond motifs is 1. The molecule has 0 bridgehead atoms. The molecule has 0 saturated carbocycles. The Labute approximate surface area is 176 Å². The zero-order chi connectivity index (χ0) is 20.9. The fourth-order valence-electron chi connectivity index (χ4n) is 3.88. The number of pyridine rings is 1. The summed E-state index contributed by atoms with van der Waals surface area (Å²) in [5.41, 5.74) is 1.85. The lowest BCUT2D eigenvalue weighted by Crippen LogP contribution is -2.36. The van der Waals surface area contributed by atoms with Gasteiger partial charge in [-0.25, -0.2) is 9.97 Å². The van der Waals surface area contributed by atoms with Crippen molar-refractivity contribution in [2.75, 3.05) is 13.6 Å². The number of aliphatic hydroxyl groups is 1. The summed E-state index contributed by atoms with van der Waals surface area (Å²) >= 11 is 1.31. The molecule has 5 rings (SSSR count). The van der Waals surface area contributed by atoms with E-state index < -0.39 is 5.60 Å². The Balaban J connectivity index is 1.61. The first kappa shape index (κ1) is 18.5. The summed E-state index contributed by atoms with van der Waals surface area (Å²) in [6.45, 7) is 0.498. The second kappa shape index (κ2) is 6.76. The van der Waals surface area contributed by atoms with Crippen LogP contribution in [0.25, 0.3) is 32.9 Å². The Morgan fingerprint density at radius 1 is 1.33 bits per heavy atom. The Hall–Kier alpha value is -3.54. The van der Waals surface area contributed by atoms with E-state index in [1.165, 1.54) is 16.2 Å². The van der Waals surface area contributed by atoms with E-state index in [0.29, 0.717) is 39.7 Å². The summed E-state index contributed by atoms with van der Waals surface area (Å²) in [7, 11) is 1.68. The fraction of sp³-hybridized carbons (Fsp3) is 0.182. The van der Waals surface area contributed by atoms with Crippen molar-refractivity contribution in [1.82, 2.24) is 19.9 Å². The van der Waals surface area contributed by atoms with Crippen molar-refractivity contribution >= 4 is 28.3 Å². The Kier molecular flexibility index (Phi) is 4.17. The molecule has 7 nitrogen and oxygen atoms in total. The van der Waals surface area contributed by atoms with Gasteiger partial charge in [-0.15, -0.1) is 11.3 Å². The number of nitrogens with one attached hydrogen (secondary N) is 1. The highest BCUT2D eigenvalue weighted by Crippen LogP contribution is 2.38. The molecule has 148 valence electrons. The van der Waals surface area contributed by atoms with Crippen LogP contribution in [-0.2, 0) is 10.4 Å². The van der Waals surface area contributed by atoms with Crippen LogP contribution in [0.5, 0.6) is 0 Å². The molecule has 0 unspecified atom stereocenters. The topological polar surface area (TPSA) is 106 Å². The van der Waals surface area contributed by atoms with E-state index in [1.54, 1.807) is 31.4 Å². The molecule has 1 aliphatic rings. The average Bonchev–Trinajstić information content (AvgIpc) is 3.46. The van der Waals surface area contributed by atoms with Gasteiger partial charge in [-0.2, -0.15) is 5.26 Å². The number of hydrogen-bond donors (Lipinski definition) is 2. The van der Waals surface area contributed by atoms with E-state index in [1.807, 2.05) is 24.4 Å². The maximum absolute atomic E-state index is 12.5. The van der Waals surface area contributed by atoms with Crippen molar-refractivity contribution in [3.8, 4) is 27.9 Å². The second-order valence-corrected chi connectivity index (χ2v) is 8.33. The SMILES string of the molecule is CN1CC[C@@](O)(c2cccc(-c3nc(-c4c[nH]c5ncccc45)sc3C#N)c2)C1=O. The van der Waals surface area contributed by atoms with E-state index in [0.717, 1.165) is 16.6 Å². The third kappa shape index (κ3) is 2.71. The first-order chi connectivity index (χ1) is 14.5. The van der Waals surface area contributed by atoms with Gasteiger partial charge in [-0.1, -0.05) is 18.2 Å². The van der Waals surface area contributed by atoms with Gasteiger partial charge in [-0.3, -0.25) is 4.79 Å². The predicted octanol–water partition coefficient (Wildman–Crippen LogP) is 3.27. The van der Waals surface area contributed by atoms with Gasteiger partial charge in [0.15, 0.2) is 5.60 Å². The number of rotatable bonds is 3. The van der Waals surface area contributed by atoms with Gasteiger partial charge in [-0.05, 0) is 23.8 Å². The molecule has 1 atom stereocenters. The van der Waals surface area contributed by atoms with Crippen molar-refractivity contribution in [3.05, 3.63) is 59.2 Å². The van der Waals surface area contributed by atoms with Gasteiger partial charge < -0.3 is 15.0 Å². The van der Waals surface area contributed by atoms with Crippen LogP contribution < -0.4 is 0 Å². The average molecular weight is 415 g/mol. The van der Waals surface area contributed by atoms with Crippen LogP contribution in [0, 0.1) is 11.3 Å². The van der Waals surface area contributed by atoms with Crippen LogP contribution in [0.4, 0.5) is 0 Å². The minimum Gasteiger partial charge on any atom is -0.375 e. The van der Waals surface area contributed by atoms with Crippen molar-refractivity contribution in [1.29, 1.82) is 5.26 Å². The summed E-state index contributed by atoms with van der Waals surface area (Å²) in [5.74, 6) is -0.314. The van der Waals surface area contributed by atoms with Crippen LogP contribution in [0.15, 0.2) is 48.8 Å². The minimum absolute atomic E-state index is 0.314. The number of carbonyl (C=O) groups is 1. The number of nitrogens with zero attached hydrogens (tertiary/aromatic N) is 4. The molecule has 8 heteroatoms. The van der Waals surface area contributed by atoms with Gasteiger partial charge in [0, 0.05) is 48.9 Å². The van der Waals surface area contributed by atoms with Crippen molar-refractivity contribution in [2.24, 2.45) is 0 Å². The molecular weight excluding hydrogens is 398 g/mol. The molecule has 4 aromatic rings. The number of carbonyl (C=O) groups excluding carboxylic acids is 1. The monoisotopic (exact) mass is 415 g/mol. The smallest absolute Gasteiger partial charge is 0.258 e. The number of hydrogen-bond acceptors (Lipinski definition) is 6. The van der Waals surface area contributed by atoms with Gasteiger partial charge >= 0.3 is 0 Å². The van der Waals surface area contributed by atoms with Crippen molar-refractivity contribution in [3.63, 3.8) is 0 Å². The fourth-order valence-corrected chi connectivity index (χ4v) is 4.80. The summed E-state index contributed by atoms with van der Waals surface area (Å²) in [6.07, 6.45) is 3.89. The highest BCUT2D eigenvalue weighted by atomic mass is 32.1. The normalized spacial score (nSPS) is 18.8. The lowest BCUT2D eigenvalue weighted by molar-refractivity contribution is -0.143. The van der Waals surface area contributed by atoms with Crippen molar-refractivity contribution < 1.29 is 9.90 Å². The number of likely N-dealkylation sites (tertiary alicyclic amines) is 1. The molecule has 4 heterocycles. The highest BCUT2D eigenvalue weighted by Gasteiger charge is 2.45. The molecule has 2 N–H and O–H groups in total. The van der Waals surface area contributed by atoms with E-state index >= 15 is 0 Å². The molecule has 1 aromatic carbocycles. The van der Waals surface area contributed by atoms with E-state index in [4.69, 9.17) is 4.98 Å². The zero-order valence-corrected chi connectivity index (χ0v) is 16.9.